The molecule has 0 aliphatic carbocycles. The van der Waals surface area contributed by atoms with Gasteiger partial charge in [-0.3, -0.25) is 9.09 Å². The van der Waals surface area contributed by atoms with E-state index in [1.165, 1.54) is 0 Å². The van der Waals surface area contributed by atoms with Gasteiger partial charge in [0.15, 0.2) is 21.0 Å². The van der Waals surface area contributed by atoms with Crippen molar-refractivity contribution in [2.75, 3.05) is 26.9 Å². The first-order valence-electron chi connectivity index (χ1n) is 12.8. The van der Waals surface area contributed by atoms with Crippen molar-refractivity contribution in [2.24, 2.45) is 0 Å². The Morgan fingerprint density at radius 1 is 0.610 bits per heavy atom. The van der Waals surface area contributed by atoms with Crippen LogP contribution in [0.1, 0.15) is 109 Å². The van der Waals surface area contributed by atoms with Crippen molar-refractivity contribution in [1.82, 2.24) is 0 Å². The number of hydrogen-bond donors (Lipinski definition) is 0. The maximum absolute atomic E-state index is 11.5. The number of ether oxygens (including phenoxy) is 2. The van der Waals surface area contributed by atoms with E-state index in [0.29, 0.717) is 17.6 Å². The van der Waals surface area contributed by atoms with E-state index in [9.17, 15) is 18.9 Å². The predicted octanol–water partition coefficient (Wildman–Crippen LogP) is 1.58. The molecule has 2 aromatic carbocycles. The molecule has 2 aromatic rings. The van der Waals surface area contributed by atoms with E-state index in [0.717, 1.165) is 28.0 Å². The van der Waals surface area contributed by atoms with Crippen molar-refractivity contribution in [2.45, 2.75) is 86.5 Å². The van der Waals surface area contributed by atoms with Crippen LogP contribution in [0.5, 0.6) is 11.5 Å². The van der Waals surface area contributed by atoms with Gasteiger partial charge in [-0.15, -0.1) is 0 Å². The van der Waals surface area contributed by atoms with Crippen LogP contribution in [0.25, 0.3) is 0 Å². The van der Waals surface area contributed by atoms with E-state index in [2.05, 4.69) is 50.4 Å². The van der Waals surface area contributed by atoms with Crippen LogP contribution >= 0.6 is 15.2 Å². The number of rotatable bonds is 12. The molecule has 0 bridgehead atoms. The van der Waals surface area contributed by atoms with Crippen LogP contribution in [-0.2, 0) is 18.2 Å². The van der Waals surface area contributed by atoms with Gasteiger partial charge in [0.05, 0.1) is 7.82 Å². The maximum Gasteiger partial charge on any atom is 1.00 e. The van der Waals surface area contributed by atoms with Crippen molar-refractivity contribution in [3.05, 3.63) is 58.7 Å². The van der Waals surface area contributed by atoms with Gasteiger partial charge in [0, 0.05) is 13.3 Å². The first-order chi connectivity index (χ1) is 17.4. The minimum Gasteiger partial charge on any atom is -0.790 e. The van der Waals surface area contributed by atoms with E-state index >= 15 is 0 Å². The molecule has 41 heavy (non-hydrogen) atoms. The van der Waals surface area contributed by atoms with Gasteiger partial charge < -0.3 is 28.3 Å². The molecule has 0 N–H and O–H groups in total. The molecule has 0 unspecified atom stereocenters. The van der Waals surface area contributed by atoms with Crippen molar-refractivity contribution in [1.29, 1.82) is 0 Å². The third-order valence-corrected chi connectivity index (χ3v) is 6.77. The van der Waals surface area contributed by atoms with Gasteiger partial charge in [0.25, 0.3) is 0 Å². The molecule has 0 amide bonds. The van der Waals surface area contributed by atoms with Crippen LogP contribution in [0.4, 0.5) is 0 Å². The molecule has 224 valence electrons. The fourth-order valence-corrected chi connectivity index (χ4v) is 4.15. The Bertz CT molecular complexity index is 972. The average Bonchev–Trinajstić information content (AvgIpc) is 2.77. The number of benzene rings is 2. The van der Waals surface area contributed by atoms with Gasteiger partial charge in [0.2, 0.25) is 0 Å². The van der Waals surface area contributed by atoms with Gasteiger partial charge in [-0.2, -0.15) is 0 Å². The van der Waals surface area contributed by atoms with Gasteiger partial charge in [0.1, 0.15) is 11.5 Å². The Hall–Kier alpha value is 0.340. The van der Waals surface area contributed by atoms with Crippen LogP contribution in [-0.4, -0.2) is 26.9 Å². The summed E-state index contributed by atoms with van der Waals surface area (Å²) in [4.78, 5) is 20.9. The molecule has 12 heteroatoms. The van der Waals surface area contributed by atoms with Gasteiger partial charge in [-0.25, -0.2) is 0 Å². The van der Waals surface area contributed by atoms with Crippen LogP contribution in [0, 0.1) is 0 Å². The molecule has 0 saturated heterocycles. The number of phosphoric acid groups is 1. The molecule has 2 rings (SSSR count). The second-order valence-electron chi connectivity index (χ2n) is 10.6. The molecule has 0 radical (unpaired) electrons. The fourth-order valence-electron chi connectivity index (χ4n) is 3.66. The Morgan fingerprint density at radius 3 is 1.10 bits per heavy atom. The molecular formula is C29H48Na2O8P2. The van der Waals surface area contributed by atoms with Crippen LogP contribution < -0.4 is 78.4 Å². The third kappa shape index (κ3) is 17.4. The summed E-state index contributed by atoms with van der Waals surface area (Å²) in [5, 5.41) is 0. The predicted molar refractivity (Wildman–Crippen MR) is 156 cm³/mol. The molecule has 8 nitrogen and oxygen atoms in total. The summed E-state index contributed by atoms with van der Waals surface area (Å²) in [6.45, 7) is 19.2. The molecule has 0 heterocycles. The first-order valence-corrected chi connectivity index (χ1v) is 16.8. The van der Waals surface area contributed by atoms with E-state index in [1.54, 1.807) is 13.3 Å². The summed E-state index contributed by atoms with van der Waals surface area (Å²) in [6, 6.07) is 12.0. The quantitative estimate of drug-likeness (QED) is 0.197. The smallest absolute Gasteiger partial charge is 0.790 e. The molecule has 0 spiro atoms. The summed E-state index contributed by atoms with van der Waals surface area (Å²) in [7, 11) is -7.51. The number of hydrogen-bond acceptors (Lipinski definition) is 8. The third-order valence-electron chi connectivity index (χ3n) is 5.62. The molecule has 0 aliphatic rings. The average molecular weight is 633 g/mol. The van der Waals surface area contributed by atoms with Gasteiger partial charge >= 0.3 is 59.1 Å². The molecule has 0 aromatic heterocycles. The normalized spacial score (nSPS) is 11.3. The first kappa shape index (κ1) is 45.8. The summed E-state index contributed by atoms with van der Waals surface area (Å²) >= 11 is 0. The van der Waals surface area contributed by atoms with Gasteiger partial charge in [-0.05, 0) is 45.9 Å². The fraction of sp³-hybridized carbons (Fsp3) is 0.586. The van der Waals surface area contributed by atoms with E-state index in [-0.39, 0.29) is 85.2 Å². The zero-order valence-corrected chi connectivity index (χ0v) is 32.1. The second-order valence-corrected chi connectivity index (χ2v) is 14.5. The Labute approximate surface area is 292 Å². The summed E-state index contributed by atoms with van der Waals surface area (Å²) < 4.78 is 42.5. The van der Waals surface area contributed by atoms with Crippen LogP contribution in [0.2, 0.25) is 0 Å². The van der Waals surface area contributed by atoms with E-state index < -0.39 is 22.0 Å². The van der Waals surface area contributed by atoms with Crippen molar-refractivity contribution < 1.29 is 96.6 Å². The molecule has 0 atom stereocenters. The Kier molecular flexibility index (Phi) is 23.6. The maximum atomic E-state index is 11.5. The molecule has 0 fully saturated rings. The topological polar surface area (TPSA) is 117 Å². The second kappa shape index (κ2) is 21.1. The van der Waals surface area contributed by atoms with Crippen LogP contribution in [0.15, 0.2) is 36.4 Å². The molecular weight excluding hydrogens is 584 g/mol. The van der Waals surface area contributed by atoms with E-state index in [4.69, 9.17) is 14.0 Å². The van der Waals surface area contributed by atoms with Crippen molar-refractivity contribution >= 4 is 15.2 Å². The Morgan fingerprint density at radius 2 is 0.878 bits per heavy atom. The van der Waals surface area contributed by atoms with E-state index in [1.807, 2.05) is 45.9 Å². The van der Waals surface area contributed by atoms with Crippen molar-refractivity contribution in [3.63, 3.8) is 0 Å². The summed E-state index contributed by atoms with van der Waals surface area (Å²) in [6.07, 6.45) is 0. The van der Waals surface area contributed by atoms with Gasteiger partial charge in [-0.1, -0.05) is 99.2 Å². The largest absolute Gasteiger partial charge is 1.00 e. The van der Waals surface area contributed by atoms with Crippen LogP contribution in [0.3, 0.4) is 0 Å². The minimum atomic E-state index is -5.01. The van der Waals surface area contributed by atoms with Crippen molar-refractivity contribution in [3.8, 4) is 11.5 Å². The molecule has 0 aliphatic heterocycles. The number of phosphoric ester groups is 1. The zero-order chi connectivity index (χ0) is 29.3. The number of para-hydroxylation sites is 2. The molecule has 0 saturated carbocycles. The monoisotopic (exact) mass is 632 g/mol. The minimum absolute atomic E-state index is 0. The zero-order valence-electron chi connectivity index (χ0n) is 26.3. The SMILES string of the molecule is C.CC(C)c1cccc(C(C)C)c1OCOP(=O)([O-])[O-].CC(C)c1cccc(C(C)C)c1OCOP(C)(C)=O.[Na+].[Na+]. The Balaban J connectivity index is -0.000000656. The summed E-state index contributed by atoms with van der Waals surface area (Å²) in [5.41, 5.74) is 4.25. The summed E-state index contributed by atoms with van der Waals surface area (Å²) in [5.74, 6) is 2.68. The standard InChI is InChI=1S/C15H25O3P.C13H21O5P.CH4.2Na/c1-11(2)13-8-7-9-14(12(3)4)15(13)17-10-18-19(5,6)16;1-9(2)11-6-5-7-12(10(3)4)13(11)17-8-18-19(14,15)16;;;/h7-9,11-12H,10H2,1-6H3;5-7,9-10H,8H2,1-4H3,(H2,14,15,16);1H4;;/q;;;2*+1/p-2.